The van der Waals surface area contributed by atoms with Crippen molar-refractivity contribution in [2.45, 2.75) is 45.4 Å². The van der Waals surface area contributed by atoms with Crippen molar-refractivity contribution in [3.05, 3.63) is 24.3 Å². The van der Waals surface area contributed by atoms with Gasteiger partial charge in [0, 0.05) is 6.42 Å². The summed E-state index contributed by atoms with van der Waals surface area (Å²) in [6, 6.07) is 0. The largest absolute Gasteiger partial charge is 0.469 e. The predicted molar refractivity (Wildman–Crippen MR) is 77.6 cm³/mol. The van der Waals surface area contributed by atoms with Crippen molar-refractivity contribution in [2.75, 3.05) is 7.11 Å². The zero-order chi connectivity index (χ0) is 13.7. The van der Waals surface area contributed by atoms with Crippen LogP contribution in [0.1, 0.15) is 45.4 Å². The molecule has 2 aliphatic carbocycles. The van der Waals surface area contributed by atoms with E-state index in [-0.39, 0.29) is 5.97 Å². The molecule has 0 radical (unpaired) electrons. The minimum Gasteiger partial charge on any atom is -0.469 e. The quantitative estimate of drug-likeness (QED) is 0.550. The monoisotopic (exact) mass is 262 g/mol. The Balaban J connectivity index is 2.05. The van der Waals surface area contributed by atoms with E-state index in [1.807, 2.05) is 0 Å². The lowest BCUT2D eigenvalue weighted by Gasteiger charge is -2.35. The highest BCUT2D eigenvalue weighted by atomic mass is 16.5. The van der Waals surface area contributed by atoms with Crippen molar-refractivity contribution in [2.24, 2.45) is 23.7 Å². The molecule has 2 aliphatic rings. The summed E-state index contributed by atoms with van der Waals surface area (Å²) in [5.74, 6) is 2.61. The van der Waals surface area contributed by atoms with Gasteiger partial charge in [-0.15, -0.1) is 0 Å². The number of carbonyl (C=O) groups excluding carboxylic acids is 1. The number of allylic oxidation sites excluding steroid dienone is 4. The van der Waals surface area contributed by atoms with E-state index in [0.29, 0.717) is 18.3 Å². The Morgan fingerprint density at radius 1 is 1.37 bits per heavy atom. The molecule has 2 rings (SSSR count). The van der Waals surface area contributed by atoms with Gasteiger partial charge in [0.25, 0.3) is 0 Å². The van der Waals surface area contributed by atoms with E-state index >= 15 is 0 Å². The van der Waals surface area contributed by atoms with Gasteiger partial charge in [-0.2, -0.15) is 0 Å². The molecule has 1 fully saturated rings. The van der Waals surface area contributed by atoms with Crippen molar-refractivity contribution in [1.82, 2.24) is 0 Å². The van der Waals surface area contributed by atoms with Crippen molar-refractivity contribution >= 4 is 5.97 Å². The number of rotatable bonds is 5. The lowest BCUT2D eigenvalue weighted by Crippen LogP contribution is -2.28. The standard InChI is InChI=1S/C17H26O2/c1-3-4-6-13-9-10-14-7-5-8-15(14)16(13)11-12-17(18)19-2/h4,6,9-10,13-16H,3,5,7-8,11-12H2,1-2H3/b6-4+/t13-,14+,15-,16-/m1/s1. The van der Waals surface area contributed by atoms with Crippen LogP contribution in [-0.2, 0) is 9.53 Å². The average molecular weight is 262 g/mol. The SMILES string of the molecule is CC/C=C/[C@@H]1C=C[C@@H]2CCC[C@H]2[C@@H]1CCC(=O)OC. The van der Waals surface area contributed by atoms with Crippen LogP contribution in [0.25, 0.3) is 0 Å². The minimum absolute atomic E-state index is 0.0673. The maximum Gasteiger partial charge on any atom is 0.305 e. The Hall–Kier alpha value is -1.05. The lowest BCUT2D eigenvalue weighted by molar-refractivity contribution is -0.141. The van der Waals surface area contributed by atoms with Gasteiger partial charge < -0.3 is 4.74 Å². The fourth-order valence-corrected chi connectivity index (χ4v) is 3.78. The minimum atomic E-state index is -0.0673. The molecule has 0 saturated heterocycles. The van der Waals surface area contributed by atoms with Gasteiger partial charge in [0.15, 0.2) is 0 Å². The summed E-state index contributed by atoms with van der Waals surface area (Å²) in [6.45, 7) is 2.17. The van der Waals surface area contributed by atoms with Crippen LogP contribution in [0, 0.1) is 23.7 Å². The molecule has 106 valence electrons. The molecule has 0 aromatic heterocycles. The second kappa shape index (κ2) is 6.93. The van der Waals surface area contributed by atoms with Gasteiger partial charge in [0.05, 0.1) is 7.11 Å². The summed E-state index contributed by atoms with van der Waals surface area (Å²) in [4.78, 5) is 11.4. The molecule has 0 aromatic rings. The van der Waals surface area contributed by atoms with E-state index in [2.05, 4.69) is 31.2 Å². The van der Waals surface area contributed by atoms with Gasteiger partial charge in [-0.25, -0.2) is 0 Å². The summed E-state index contributed by atoms with van der Waals surface area (Å²) in [5.41, 5.74) is 0. The first-order valence-corrected chi connectivity index (χ1v) is 7.68. The van der Waals surface area contributed by atoms with Gasteiger partial charge in [0.1, 0.15) is 0 Å². The molecule has 0 aromatic carbocycles. The van der Waals surface area contributed by atoms with E-state index < -0.39 is 0 Å². The first-order chi connectivity index (χ1) is 9.26. The zero-order valence-corrected chi connectivity index (χ0v) is 12.2. The number of ether oxygens (including phenoxy) is 1. The van der Waals surface area contributed by atoms with E-state index in [4.69, 9.17) is 4.74 Å². The molecule has 2 nitrogen and oxygen atoms in total. The summed E-state index contributed by atoms with van der Waals surface area (Å²) < 4.78 is 4.79. The second-order valence-electron chi connectivity index (χ2n) is 5.84. The highest BCUT2D eigenvalue weighted by Gasteiger charge is 2.37. The van der Waals surface area contributed by atoms with Crippen LogP contribution in [0.3, 0.4) is 0 Å². The third-order valence-corrected chi connectivity index (χ3v) is 4.75. The molecule has 0 N–H and O–H groups in total. The van der Waals surface area contributed by atoms with Crippen LogP contribution < -0.4 is 0 Å². The maximum absolute atomic E-state index is 11.4. The van der Waals surface area contributed by atoms with Gasteiger partial charge in [0.2, 0.25) is 0 Å². The number of carbonyl (C=O) groups is 1. The molecule has 2 heteroatoms. The van der Waals surface area contributed by atoms with Gasteiger partial charge >= 0.3 is 5.97 Å². The Labute approximate surface area is 116 Å². The fraction of sp³-hybridized carbons (Fsp3) is 0.706. The maximum atomic E-state index is 11.4. The Kier molecular flexibility index (Phi) is 5.24. The number of fused-ring (bicyclic) bond motifs is 1. The molecular weight excluding hydrogens is 236 g/mol. The normalized spacial score (nSPS) is 33.6. The molecular formula is C17H26O2. The highest BCUT2D eigenvalue weighted by Crippen LogP contribution is 2.46. The van der Waals surface area contributed by atoms with Crippen molar-refractivity contribution in [3.63, 3.8) is 0 Å². The number of esters is 1. The molecule has 0 aliphatic heterocycles. The average Bonchev–Trinajstić information content (AvgIpc) is 2.91. The van der Waals surface area contributed by atoms with Crippen molar-refractivity contribution < 1.29 is 9.53 Å². The van der Waals surface area contributed by atoms with Crippen LogP contribution in [0.15, 0.2) is 24.3 Å². The molecule has 4 atom stereocenters. The molecule has 0 bridgehead atoms. The van der Waals surface area contributed by atoms with Crippen molar-refractivity contribution in [3.8, 4) is 0 Å². The summed E-state index contributed by atoms with van der Waals surface area (Å²) in [5, 5.41) is 0. The van der Waals surface area contributed by atoms with E-state index in [9.17, 15) is 4.79 Å². The Morgan fingerprint density at radius 3 is 2.95 bits per heavy atom. The molecule has 0 unspecified atom stereocenters. The smallest absolute Gasteiger partial charge is 0.305 e. The first-order valence-electron chi connectivity index (χ1n) is 7.68. The molecule has 19 heavy (non-hydrogen) atoms. The molecule has 0 heterocycles. The summed E-state index contributed by atoms with van der Waals surface area (Å²) in [6.07, 6.45) is 16.0. The van der Waals surface area contributed by atoms with Crippen LogP contribution in [0.2, 0.25) is 0 Å². The van der Waals surface area contributed by atoms with Crippen LogP contribution in [-0.4, -0.2) is 13.1 Å². The van der Waals surface area contributed by atoms with E-state index in [1.165, 1.54) is 26.4 Å². The van der Waals surface area contributed by atoms with Gasteiger partial charge in [-0.3, -0.25) is 4.79 Å². The van der Waals surface area contributed by atoms with Crippen LogP contribution in [0.4, 0.5) is 0 Å². The molecule has 0 spiro atoms. The van der Waals surface area contributed by atoms with Gasteiger partial charge in [-0.05, 0) is 49.4 Å². The first kappa shape index (κ1) is 14.4. The topological polar surface area (TPSA) is 26.3 Å². The van der Waals surface area contributed by atoms with Crippen LogP contribution >= 0.6 is 0 Å². The van der Waals surface area contributed by atoms with Gasteiger partial charge in [-0.1, -0.05) is 37.6 Å². The number of hydrogen-bond acceptors (Lipinski definition) is 2. The predicted octanol–water partition coefficient (Wildman–Crippen LogP) is 4.12. The van der Waals surface area contributed by atoms with Crippen molar-refractivity contribution in [1.29, 1.82) is 0 Å². The van der Waals surface area contributed by atoms with E-state index in [1.54, 1.807) is 0 Å². The third kappa shape index (κ3) is 3.49. The zero-order valence-electron chi connectivity index (χ0n) is 12.2. The summed E-state index contributed by atoms with van der Waals surface area (Å²) >= 11 is 0. The molecule has 1 saturated carbocycles. The highest BCUT2D eigenvalue weighted by molar-refractivity contribution is 5.69. The Bertz CT molecular complexity index is 356. The van der Waals surface area contributed by atoms with E-state index in [0.717, 1.165) is 24.7 Å². The summed E-state index contributed by atoms with van der Waals surface area (Å²) in [7, 11) is 1.48. The molecule has 0 amide bonds. The third-order valence-electron chi connectivity index (χ3n) is 4.75. The number of hydrogen-bond donors (Lipinski definition) is 0. The lowest BCUT2D eigenvalue weighted by atomic mass is 9.70. The fourth-order valence-electron chi connectivity index (χ4n) is 3.78. The number of methoxy groups -OCH3 is 1. The van der Waals surface area contributed by atoms with Crippen LogP contribution in [0.5, 0.6) is 0 Å². The second-order valence-corrected chi connectivity index (χ2v) is 5.84. The Morgan fingerprint density at radius 2 is 2.21 bits per heavy atom.